The number of halogens is 1. The number of hydrogen-bond acceptors (Lipinski definition) is 5. The highest BCUT2D eigenvalue weighted by Crippen LogP contribution is 2.31. The highest BCUT2D eigenvalue weighted by Gasteiger charge is 2.17. The second-order valence-corrected chi connectivity index (χ2v) is 4.95. The zero-order valence-corrected chi connectivity index (χ0v) is 11.4. The predicted molar refractivity (Wildman–Crippen MR) is 69.5 cm³/mol. The summed E-state index contributed by atoms with van der Waals surface area (Å²) >= 11 is 1.37. The van der Waals surface area contributed by atoms with Crippen LogP contribution in [0.4, 0.5) is 4.39 Å². The van der Waals surface area contributed by atoms with Gasteiger partial charge in [-0.25, -0.2) is 4.39 Å². The summed E-state index contributed by atoms with van der Waals surface area (Å²) in [5.41, 5.74) is 1.45. The van der Waals surface area contributed by atoms with Crippen LogP contribution in [-0.2, 0) is 26.6 Å². The topological polar surface area (TPSA) is 44.8 Å². The van der Waals surface area contributed by atoms with E-state index < -0.39 is 0 Å². The Kier molecular flexibility index (Phi) is 5.04. The maximum atomic E-state index is 13.4. The van der Waals surface area contributed by atoms with Gasteiger partial charge >= 0.3 is 5.97 Å². The average Bonchev–Trinajstić information content (AvgIpc) is 2.38. The Morgan fingerprint density at radius 3 is 3.16 bits per heavy atom. The van der Waals surface area contributed by atoms with Crippen LogP contribution in [0.15, 0.2) is 12.1 Å². The van der Waals surface area contributed by atoms with E-state index in [0.717, 1.165) is 5.56 Å². The Labute approximate surface area is 115 Å². The van der Waals surface area contributed by atoms with Crippen molar-refractivity contribution in [1.29, 1.82) is 0 Å². The molecular formula is C13H15FO4S. The van der Waals surface area contributed by atoms with Gasteiger partial charge in [-0.15, -0.1) is 11.8 Å². The summed E-state index contributed by atoms with van der Waals surface area (Å²) in [4.78, 5) is 11.2. The first kappa shape index (κ1) is 14.1. The number of carbonyl (C=O) groups excluding carboxylic acids is 1. The monoisotopic (exact) mass is 286 g/mol. The number of ether oxygens (including phenoxy) is 3. The Morgan fingerprint density at radius 2 is 2.37 bits per heavy atom. The maximum Gasteiger partial charge on any atom is 0.315 e. The fourth-order valence-corrected chi connectivity index (χ4v) is 2.60. The molecule has 0 fully saturated rings. The van der Waals surface area contributed by atoms with Crippen molar-refractivity contribution in [3.63, 3.8) is 0 Å². The fraction of sp³-hybridized carbons (Fsp3) is 0.462. The number of rotatable bonds is 5. The molecule has 0 aliphatic carbocycles. The molecule has 6 heteroatoms. The molecule has 0 radical (unpaired) electrons. The van der Waals surface area contributed by atoms with Crippen molar-refractivity contribution in [2.45, 2.75) is 19.3 Å². The van der Waals surface area contributed by atoms with Crippen LogP contribution in [0.5, 0.6) is 5.75 Å². The molecule has 0 spiro atoms. The molecule has 1 aliphatic heterocycles. The van der Waals surface area contributed by atoms with Crippen molar-refractivity contribution < 1.29 is 23.4 Å². The van der Waals surface area contributed by atoms with Gasteiger partial charge in [-0.2, -0.15) is 0 Å². The lowest BCUT2D eigenvalue weighted by atomic mass is 10.1. The van der Waals surface area contributed by atoms with E-state index in [1.54, 1.807) is 6.92 Å². The Balaban J connectivity index is 2.00. The SMILES string of the molecule is CCOC(=O)CSCc1cc(F)cc2c1OCOC2. The first-order chi connectivity index (χ1) is 9.20. The summed E-state index contributed by atoms with van der Waals surface area (Å²) in [5, 5.41) is 0. The lowest BCUT2D eigenvalue weighted by Gasteiger charge is -2.20. The lowest BCUT2D eigenvalue weighted by molar-refractivity contribution is -0.139. The predicted octanol–water partition coefficient (Wildman–Crippen LogP) is 2.49. The molecule has 2 rings (SSSR count). The van der Waals surface area contributed by atoms with E-state index >= 15 is 0 Å². The average molecular weight is 286 g/mol. The number of benzene rings is 1. The minimum absolute atomic E-state index is 0.175. The van der Waals surface area contributed by atoms with E-state index in [9.17, 15) is 9.18 Å². The summed E-state index contributed by atoms with van der Waals surface area (Å²) in [7, 11) is 0. The summed E-state index contributed by atoms with van der Waals surface area (Å²) < 4.78 is 28.8. The van der Waals surface area contributed by atoms with E-state index in [0.29, 0.717) is 30.3 Å². The highest BCUT2D eigenvalue weighted by molar-refractivity contribution is 7.99. The number of fused-ring (bicyclic) bond motifs is 1. The number of esters is 1. The number of carbonyl (C=O) groups is 1. The third kappa shape index (κ3) is 3.84. The van der Waals surface area contributed by atoms with Crippen LogP contribution in [0.1, 0.15) is 18.1 Å². The molecule has 0 atom stereocenters. The molecular weight excluding hydrogens is 271 g/mol. The van der Waals surface area contributed by atoms with Crippen molar-refractivity contribution in [3.05, 3.63) is 29.1 Å². The van der Waals surface area contributed by atoms with Gasteiger partial charge in [0, 0.05) is 16.9 Å². The minimum Gasteiger partial charge on any atom is -0.467 e. The van der Waals surface area contributed by atoms with Gasteiger partial charge in [-0.1, -0.05) is 0 Å². The van der Waals surface area contributed by atoms with Crippen molar-refractivity contribution in [1.82, 2.24) is 0 Å². The third-order valence-corrected chi connectivity index (χ3v) is 3.49. The summed E-state index contributed by atoms with van der Waals surface area (Å²) in [5.74, 6) is 0.833. The first-order valence-electron chi connectivity index (χ1n) is 5.96. The molecule has 104 valence electrons. The quantitative estimate of drug-likeness (QED) is 0.778. The van der Waals surface area contributed by atoms with Crippen LogP contribution < -0.4 is 4.74 Å². The highest BCUT2D eigenvalue weighted by atomic mass is 32.2. The van der Waals surface area contributed by atoms with Gasteiger partial charge in [0.2, 0.25) is 0 Å². The summed E-state index contributed by atoms with van der Waals surface area (Å²) in [6.07, 6.45) is 0. The van der Waals surface area contributed by atoms with Gasteiger partial charge in [0.1, 0.15) is 11.6 Å². The van der Waals surface area contributed by atoms with Gasteiger partial charge < -0.3 is 14.2 Å². The molecule has 0 N–H and O–H groups in total. The van der Waals surface area contributed by atoms with E-state index in [1.165, 1.54) is 23.9 Å². The smallest absolute Gasteiger partial charge is 0.315 e. The van der Waals surface area contributed by atoms with Crippen LogP contribution in [0.25, 0.3) is 0 Å². The minimum atomic E-state index is -0.320. The molecule has 4 nitrogen and oxygen atoms in total. The van der Waals surface area contributed by atoms with Crippen LogP contribution in [0.2, 0.25) is 0 Å². The lowest BCUT2D eigenvalue weighted by Crippen LogP contribution is -2.13. The standard InChI is InChI=1S/C13H15FO4S/c1-2-17-12(15)7-19-6-10-4-11(14)3-9-5-16-8-18-13(9)10/h3-4H,2,5-8H2,1H3. The van der Waals surface area contributed by atoms with E-state index in [-0.39, 0.29) is 24.3 Å². The van der Waals surface area contributed by atoms with E-state index in [4.69, 9.17) is 14.2 Å². The molecule has 0 unspecified atom stereocenters. The van der Waals surface area contributed by atoms with Crippen molar-refractivity contribution in [2.75, 3.05) is 19.2 Å². The molecule has 1 aliphatic rings. The van der Waals surface area contributed by atoms with Crippen LogP contribution in [0, 0.1) is 5.82 Å². The Hall–Kier alpha value is -1.27. The largest absolute Gasteiger partial charge is 0.467 e. The first-order valence-corrected chi connectivity index (χ1v) is 7.11. The zero-order chi connectivity index (χ0) is 13.7. The number of hydrogen-bond donors (Lipinski definition) is 0. The third-order valence-electron chi connectivity index (χ3n) is 2.53. The van der Waals surface area contributed by atoms with E-state index in [1.807, 2.05) is 0 Å². The Morgan fingerprint density at radius 1 is 1.53 bits per heavy atom. The van der Waals surface area contributed by atoms with Gasteiger partial charge in [0.15, 0.2) is 6.79 Å². The molecule has 0 saturated heterocycles. The van der Waals surface area contributed by atoms with E-state index in [2.05, 4.69) is 0 Å². The molecule has 19 heavy (non-hydrogen) atoms. The summed E-state index contributed by atoms with van der Waals surface area (Å²) in [6.45, 7) is 2.66. The van der Waals surface area contributed by atoms with Crippen molar-refractivity contribution >= 4 is 17.7 Å². The Bertz CT molecular complexity index is 464. The van der Waals surface area contributed by atoms with Gasteiger partial charge in [-0.05, 0) is 19.1 Å². The number of thioether (sulfide) groups is 1. The molecule has 0 aromatic heterocycles. The second-order valence-electron chi connectivity index (χ2n) is 3.96. The van der Waals surface area contributed by atoms with Crippen LogP contribution in [-0.4, -0.2) is 25.1 Å². The molecule has 1 aromatic rings. The van der Waals surface area contributed by atoms with Crippen LogP contribution >= 0.6 is 11.8 Å². The normalized spacial score (nSPS) is 13.6. The molecule has 0 bridgehead atoms. The molecule has 0 amide bonds. The molecule has 0 saturated carbocycles. The second kappa shape index (κ2) is 6.77. The van der Waals surface area contributed by atoms with Crippen molar-refractivity contribution in [3.8, 4) is 5.75 Å². The summed E-state index contributed by atoms with van der Waals surface area (Å²) in [6, 6.07) is 2.84. The van der Waals surface area contributed by atoms with Gasteiger partial charge in [-0.3, -0.25) is 4.79 Å². The van der Waals surface area contributed by atoms with Crippen molar-refractivity contribution in [2.24, 2.45) is 0 Å². The van der Waals surface area contributed by atoms with Crippen LogP contribution in [0.3, 0.4) is 0 Å². The zero-order valence-electron chi connectivity index (χ0n) is 10.6. The molecule has 1 heterocycles. The molecule has 1 aromatic carbocycles. The van der Waals surface area contributed by atoms with Gasteiger partial charge in [0.25, 0.3) is 0 Å². The fourth-order valence-electron chi connectivity index (χ4n) is 1.81. The maximum absolute atomic E-state index is 13.4. The van der Waals surface area contributed by atoms with Gasteiger partial charge in [0.05, 0.1) is 19.0 Å².